The monoisotopic (exact) mass is 1120 g/mol. The predicted molar refractivity (Wildman–Crippen MR) is 221 cm³/mol. The van der Waals surface area contributed by atoms with E-state index in [1.54, 1.807) is 0 Å². The topological polar surface area (TPSA) is 532 Å². The molecule has 0 aromatic heterocycles. The summed E-state index contributed by atoms with van der Waals surface area (Å²) >= 11 is 0. The van der Waals surface area contributed by atoms with Gasteiger partial charge in [-0.1, -0.05) is 0 Å². The van der Waals surface area contributed by atoms with Gasteiger partial charge in [0.1, 0.15) is 171 Å². The lowest BCUT2D eigenvalue weighted by Gasteiger charge is -2.48. The van der Waals surface area contributed by atoms with E-state index in [4.69, 9.17) is 66.3 Å². The standard InChI is InChI=1S/C42H56O35/c43-1-8-29-15(50)22(57)36(64-8)72-30-9(2-44)66-38(24(59)17(30)52)74-32-11(4-46)68-40(26(61)19(32)54)76-34-13(6-48)70-42(28(63)21(34)56)77-35-14(7-49)69-41(27(62)20(35)55)75-33-12(5-47)67-39(25(60)18(33)53)73-31-10(3-45)65-37(71-29)23(58)16(31)51/h1-42,50-63H/t8-,9-,10-,11-,12-,13-,14-,15-,16-,17-,18-,19-,20-,21-,22-,23-,24-,25-,26-,27-,28-,29-,30-,31-,32-,33-,34-,35-,36-,37-,38-,39-,40-,41-,42-/m1/s1. The van der Waals surface area contributed by atoms with E-state index >= 15 is 0 Å². The number of rotatable bonds is 7. The molecule has 21 aliphatic rings. The van der Waals surface area contributed by atoms with E-state index in [9.17, 15) is 105 Å². The Morgan fingerprint density at radius 3 is 0.364 bits per heavy atom. The lowest BCUT2D eigenvalue weighted by molar-refractivity contribution is -0.382. The van der Waals surface area contributed by atoms with Gasteiger partial charge in [-0.05, 0) is 0 Å². The van der Waals surface area contributed by atoms with Crippen LogP contribution < -0.4 is 0 Å². The minimum Gasteiger partial charge on any atom is -0.387 e. The number of aliphatic hydroxyl groups excluding tert-OH is 14. The molecular weight excluding hydrogens is 1060 g/mol. The maximum Gasteiger partial charge on any atom is 0.187 e. The maximum atomic E-state index is 12.4. The second-order valence-electron chi connectivity index (χ2n) is 18.8. The first-order valence-electron chi connectivity index (χ1n) is 23.5. The Morgan fingerprint density at radius 2 is 0.273 bits per heavy atom. The highest BCUT2D eigenvalue weighted by Crippen LogP contribution is 2.38. The number of hydrogen-bond donors (Lipinski definition) is 14. The summed E-state index contributed by atoms with van der Waals surface area (Å²) < 4.78 is 76.9. The zero-order valence-corrected chi connectivity index (χ0v) is 39.1. The molecule has 14 N–H and O–H groups in total. The second kappa shape index (κ2) is 24.7. The molecule has 0 aromatic carbocycles. The van der Waals surface area contributed by atoms with E-state index < -0.39 is 215 Å². The van der Waals surface area contributed by atoms with E-state index in [-0.39, 0.29) is 44.0 Å². The lowest BCUT2D eigenvalue weighted by Crippen LogP contribution is -2.68. The van der Waals surface area contributed by atoms with Crippen LogP contribution in [-0.4, -0.2) is 330 Å². The maximum absolute atomic E-state index is 12.4. The van der Waals surface area contributed by atoms with Crippen LogP contribution >= 0.6 is 0 Å². The minimum atomic E-state index is -2.34. The van der Waals surface area contributed by atoms with Gasteiger partial charge in [0.05, 0.1) is 0 Å². The molecule has 21 rings (SSSR count). The van der Waals surface area contributed by atoms with Gasteiger partial charge in [0.2, 0.25) is 0 Å². The Kier molecular flexibility index (Phi) is 19.2. The van der Waals surface area contributed by atoms with E-state index in [1.165, 1.54) is 0 Å². The second-order valence-corrected chi connectivity index (χ2v) is 18.8. The predicted octanol–water partition coefficient (Wildman–Crippen LogP) is -13.8. The summed E-state index contributed by atoms with van der Waals surface area (Å²) in [4.78, 5) is 86.6. The molecule has 35 atom stereocenters. The molecule has 21 aliphatic heterocycles. The summed E-state index contributed by atoms with van der Waals surface area (Å²) in [5.41, 5.74) is 0. The van der Waals surface area contributed by atoms with E-state index in [1.807, 2.05) is 0 Å². The van der Waals surface area contributed by atoms with Crippen LogP contribution in [0.1, 0.15) is 0 Å². The minimum absolute atomic E-state index is 0.0249. The Morgan fingerprint density at radius 1 is 0.169 bits per heavy atom. The van der Waals surface area contributed by atoms with Crippen LogP contribution in [0, 0.1) is 0 Å². The fraction of sp³-hybridized carbons (Fsp3) is 0.833. The molecule has 35 nitrogen and oxygen atoms in total. The van der Waals surface area contributed by atoms with Crippen molar-refractivity contribution in [2.75, 3.05) is 0 Å². The zero-order valence-electron chi connectivity index (χ0n) is 39.1. The third kappa shape index (κ3) is 11.3. The van der Waals surface area contributed by atoms with Crippen molar-refractivity contribution < 1.29 is 171 Å². The van der Waals surface area contributed by atoms with Crippen LogP contribution in [0.15, 0.2) is 0 Å². The van der Waals surface area contributed by atoms with Crippen molar-refractivity contribution in [1.29, 1.82) is 0 Å². The SMILES string of the molecule is O=C[C@H]1O[C@@H]2O[C@H]3[C@H](O)[C@@H](O)[C@@H](O[C@H]4[C@H](O)[C@@H](O)[C@@H](O[C@H]5[C@H](O)[C@@H](O)[C@@H](O[C@H]6[C@H](O)[C@@H](O)[C@@H](O[C@H]7[C@H](O)[C@@H](O)[C@@H](O[C@H]8[C@H](O)[C@@H](O)[C@@H](O[C@H]1[C@H](O)[C@H]2O)O[C@@H]8C=O)O[C@@H]7C=O)O[C@@H]6C=O)O[C@@H]5C=O)O[C@@H]4C=O)O[C@@H]3C=O. The molecule has 0 saturated carbocycles. The summed E-state index contributed by atoms with van der Waals surface area (Å²) in [5, 5.41) is 156. The van der Waals surface area contributed by atoms with E-state index in [0.29, 0.717) is 0 Å². The van der Waals surface area contributed by atoms with Crippen molar-refractivity contribution in [3.05, 3.63) is 0 Å². The molecule has 0 aliphatic carbocycles. The highest BCUT2D eigenvalue weighted by molar-refractivity contribution is 5.61. The molecule has 35 heteroatoms. The average molecular weight is 1120 g/mol. The van der Waals surface area contributed by atoms with Gasteiger partial charge in [0.25, 0.3) is 0 Å². The Hall–Kier alpha value is -3.43. The van der Waals surface area contributed by atoms with Gasteiger partial charge in [0.15, 0.2) is 88.0 Å². The molecule has 434 valence electrons. The first kappa shape index (κ1) is 59.7. The molecule has 21 saturated heterocycles. The van der Waals surface area contributed by atoms with Crippen LogP contribution in [0.25, 0.3) is 0 Å². The van der Waals surface area contributed by atoms with Gasteiger partial charge in [-0.15, -0.1) is 0 Å². The molecule has 0 aromatic rings. The number of carbonyl (C=O) groups is 7. The van der Waals surface area contributed by atoms with E-state index in [2.05, 4.69) is 0 Å². The van der Waals surface area contributed by atoms with Crippen molar-refractivity contribution in [3.63, 3.8) is 0 Å². The van der Waals surface area contributed by atoms with Crippen LogP contribution in [0.3, 0.4) is 0 Å². The van der Waals surface area contributed by atoms with E-state index in [0.717, 1.165) is 0 Å². The van der Waals surface area contributed by atoms with Crippen LogP contribution in [0.4, 0.5) is 0 Å². The zero-order chi connectivity index (χ0) is 56.1. The summed E-state index contributed by atoms with van der Waals surface area (Å²) in [6, 6.07) is 0. The first-order chi connectivity index (χ1) is 36.7. The fourth-order valence-electron chi connectivity index (χ4n) is 9.78. The average Bonchev–Trinajstić information content (AvgIpc) is 3.45. The van der Waals surface area contributed by atoms with Crippen molar-refractivity contribution in [2.45, 2.75) is 215 Å². The Bertz CT molecular complexity index is 1670. The van der Waals surface area contributed by atoms with Crippen molar-refractivity contribution in [2.24, 2.45) is 0 Å². The van der Waals surface area contributed by atoms with Crippen LogP contribution in [0.2, 0.25) is 0 Å². The Balaban J connectivity index is 1.08. The molecule has 21 fully saturated rings. The number of ether oxygens (including phenoxy) is 14. The van der Waals surface area contributed by atoms with Gasteiger partial charge in [0, 0.05) is 0 Å². The Labute approximate surface area is 429 Å². The normalized spacial score (nSPS) is 54.9. The van der Waals surface area contributed by atoms with Gasteiger partial charge in [-0.25, -0.2) is 0 Å². The highest BCUT2D eigenvalue weighted by atomic mass is 16.8. The van der Waals surface area contributed by atoms with Gasteiger partial charge in [-0.3, -0.25) is 0 Å². The molecule has 0 radical (unpaired) electrons. The summed E-state index contributed by atoms with van der Waals surface area (Å²) in [5.74, 6) is 0. The highest BCUT2D eigenvalue weighted by Gasteiger charge is 2.59. The molecule has 77 heavy (non-hydrogen) atoms. The molecule has 0 unspecified atom stereocenters. The summed E-state index contributed by atoms with van der Waals surface area (Å²) in [6.45, 7) is 0. The number of hydrogen-bond acceptors (Lipinski definition) is 35. The van der Waals surface area contributed by atoms with Gasteiger partial charge < -0.3 is 171 Å². The summed E-state index contributed by atoms with van der Waals surface area (Å²) in [6.07, 6.45) is -77.2. The van der Waals surface area contributed by atoms with Crippen molar-refractivity contribution >= 4 is 44.0 Å². The fourth-order valence-corrected chi connectivity index (χ4v) is 9.78. The smallest absolute Gasteiger partial charge is 0.187 e. The lowest BCUT2D eigenvalue weighted by atomic mass is 9.95. The molecular formula is C42H56O35. The third-order valence-electron chi connectivity index (χ3n) is 14.0. The number of aldehydes is 7. The number of aliphatic hydroxyl groups is 14. The quantitative estimate of drug-likeness (QED) is 0.105. The van der Waals surface area contributed by atoms with Crippen LogP contribution in [0.5, 0.6) is 0 Å². The molecule has 0 spiro atoms. The van der Waals surface area contributed by atoms with Crippen molar-refractivity contribution in [3.8, 4) is 0 Å². The molecule has 21 heterocycles. The number of carbonyl (C=O) groups excluding carboxylic acids is 7. The molecule has 0 amide bonds. The largest absolute Gasteiger partial charge is 0.387 e. The van der Waals surface area contributed by atoms with Crippen LogP contribution in [-0.2, 0) is 99.9 Å². The van der Waals surface area contributed by atoms with Crippen molar-refractivity contribution in [1.82, 2.24) is 0 Å². The van der Waals surface area contributed by atoms with Gasteiger partial charge in [-0.2, -0.15) is 0 Å². The molecule has 14 bridgehead atoms. The first-order valence-corrected chi connectivity index (χ1v) is 23.5. The summed E-state index contributed by atoms with van der Waals surface area (Å²) in [7, 11) is 0. The van der Waals surface area contributed by atoms with Gasteiger partial charge >= 0.3 is 0 Å². The third-order valence-corrected chi connectivity index (χ3v) is 14.0.